The average Bonchev–Trinajstić information content (AvgIpc) is 2.50. The van der Waals surface area contributed by atoms with Crippen LogP contribution in [0.3, 0.4) is 0 Å². The van der Waals surface area contributed by atoms with Gasteiger partial charge in [-0.05, 0) is 49.0 Å². The van der Waals surface area contributed by atoms with Crippen molar-refractivity contribution in [3.8, 4) is 0 Å². The van der Waals surface area contributed by atoms with E-state index in [1.807, 2.05) is 0 Å². The topological polar surface area (TPSA) is 20.2 Å². The molecule has 0 saturated heterocycles. The molecule has 1 rings (SSSR count). The van der Waals surface area contributed by atoms with Gasteiger partial charge in [0.1, 0.15) is 0 Å². The Morgan fingerprint density at radius 2 is 2.07 bits per heavy atom. The molecule has 0 aliphatic heterocycles. The molecule has 0 aromatic rings. The second kappa shape index (κ2) is 5.16. The van der Waals surface area contributed by atoms with E-state index in [2.05, 4.69) is 33.8 Å². The van der Waals surface area contributed by atoms with Crippen molar-refractivity contribution in [2.24, 2.45) is 11.3 Å². The van der Waals surface area contributed by atoms with E-state index in [4.69, 9.17) is 0 Å². The first-order chi connectivity index (χ1) is 6.88. The summed E-state index contributed by atoms with van der Waals surface area (Å²) in [4.78, 5) is 0. The molecular weight excluding hydrogens is 184 g/mol. The fourth-order valence-electron chi connectivity index (χ4n) is 2.66. The normalized spacial score (nSPS) is 21.3. The Morgan fingerprint density at radius 3 is 2.53 bits per heavy atom. The zero-order valence-corrected chi connectivity index (χ0v) is 10.7. The van der Waals surface area contributed by atoms with E-state index >= 15 is 0 Å². The summed E-state index contributed by atoms with van der Waals surface area (Å²) in [5, 5.41) is 10.0. The fraction of sp³-hybridized carbons (Fsp3) is 0.857. The minimum absolute atomic E-state index is 0.176. The molecular formula is C14H26O. The van der Waals surface area contributed by atoms with Gasteiger partial charge in [-0.3, -0.25) is 0 Å². The Balaban J connectivity index is 2.34. The van der Waals surface area contributed by atoms with E-state index in [9.17, 15) is 5.11 Å². The molecule has 0 radical (unpaired) electrons. The molecule has 1 nitrogen and oxygen atoms in total. The predicted molar refractivity (Wildman–Crippen MR) is 65.8 cm³/mol. The highest BCUT2D eigenvalue weighted by Crippen LogP contribution is 2.30. The molecule has 0 amide bonds. The highest BCUT2D eigenvalue weighted by molar-refractivity contribution is 5.12. The van der Waals surface area contributed by atoms with Gasteiger partial charge in [0.25, 0.3) is 0 Å². The molecule has 1 aliphatic rings. The van der Waals surface area contributed by atoms with Crippen molar-refractivity contribution in [2.45, 2.75) is 65.9 Å². The Morgan fingerprint density at radius 1 is 1.40 bits per heavy atom. The minimum atomic E-state index is -0.176. The smallest absolute Gasteiger partial charge is 0.0752 e. The number of rotatable bonds is 4. The highest BCUT2D eigenvalue weighted by Gasteiger charge is 2.20. The van der Waals surface area contributed by atoms with Crippen LogP contribution in [0, 0.1) is 11.3 Å². The largest absolute Gasteiger partial charge is 0.389 e. The standard InChI is InChI=1S/C14H26O/c1-11(10-14(2,3)4)9-13(15)12-7-5-6-8-12/h7,11,13,15H,5-6,8-10H2,1-4H3. The van der Waals surface area contributed by atoms with Gasteiger partial charge in [-0.1, -0.05) is 33.8 Å². The van der Waals surface area contributed by atoms with Gasteiger partial charge in [-0.15, -0.1) is 0 Å². The molecule has 0 spiro atoms. The van der Waals surface area contributed by atoms with Crippen LogP contribution in [-0.2, 0) is 0 Å². The van der Waals surface area contributed by atoms with E-state index in [1.165, 1.54) is 24.8 Å². The highest BCUT2D eigenvalue weighted by atomic mass is 16.3. The molecule has 0 bridgehead atoms. The van der Waals surface area contributed by atoms with Gasteiger partial charge in [0.05, 0.1) is 6.10 Å². The lowest BCUT2D eigenvalue weighted by molar-refractivity contribution is 0.160. The van der Waals surface area contributed by atoms with Crippen molar-refractivity contribution in [1.82, 2.24) is 0 Å². The number of hydrogen-bond donors (Lipinski definition) is 1. The minimum Gasteiger partial charge on any atom is -0.389 e. The SMILES string of the molecule is CC(CC(O)C1=CCCC1)CC(C)(C)C. The van der Waals surface area contributed by atoms with E-state index in [0.29, 0.717) is 11.3 Å². The molecule has 0 fully saturated rings. The van der Waals surface area contributed by atoms with Crippen LogP contribution in [0.1, 0.15) is 59.8 Å². The Hall–Kier alpha value is -0.300. The Labute approximate surface area is 94.6 Å². The molecule has 88 valence electrons. The van der Waals surface area contributed by atoms with E-state index in [1.54, 1.807) is 0 Å². The number of aliphatic hydroxyl groups excluding tert-OH is 1. The molecule has 1 N–H and O–H groups in total. The number of allylic oxidation sites excluding steroid dienone is 1. The van der Waals surface area contributed by atoms with Crippen LogP contribution in [0.5, 0.6) is 0 Å². The maximum Gasteiger partial charge on any atom is 0.0752 e. The molecule has 0 heterocycles. The first-order valence-electron chi connectivity index (χ1n) is 6.25. The van der Waals surface area contributed by atoms with Gasteiger partial charge in [-0.25, -0.2) is 0 Å². The zero-order valence-electron chi connectivity index (χ0n) is 10.7. The Kier molecular flexibility index (Phi) is 4.39. The molecule has 0 aromatic heterocycles. The van der Waals surface area contributed by atoms with Crippen molar-refractivity contribution in [1.29, 1.82) is 0 Å². The Bertz CT molecular complexity index is 222. The van der Waals surface area contributed by atoms with Crippen LogP contribution in [0.15, 0.2) is 11.6 Å². The third-order valence-corrected chi connectivity index (χ3v) is 3.09. The number of aliphatic hydroxyl groups is 1. The summed E-state index contributed by atoms with van der Waals surface area (Å²) in [6.45, 7) is 9.06. The van der Waals surface area contributed by atoms with E-state index in [-0.39, 0.29) is 6.10 Å². The molecule has 2 unspecified atom stereocenters. The van der Waals surface area contributed by atoms with Gasteiger partial charge in [0.15, 0.2) is 0 Å². The van der Waals surface area contributed by atoms with E-state index < -0.39 is 0 Å². The fourth-order valence-corrected chi connectivity index (χ4v) is 2.66. The number of hydrogen-bond acceptors (Lipinski definition) is 1. The first-order valence-corrected chi connectivity index (χ1v) is 6.25. The molecule has 15 heavy (non-hydrogen) atoms. The van der Waals surface area contributed by atoms with Crippen LogP contribution in [0.25, 0.3) is 0 Å². The van der Waals surface area contributed by atoms with Crippen molar-refractivity contribution in [3.05, 3.63) is 11.6 Å². The lowest BCUT2D eigenvalue weighted by Crippen LogP contribution is -2.18. The van der Waals surface area contributed by atoms with Gasteiger partial charge >= 0.3 is 0 Å². The lowest BCUT2D eigenvalue weighted by atomic mass is 9.82. The van der Waals surface area contributed by atoms with Gasteiger partial charge in [-0.2, -0.15) is 0 Å². The molecule has 2 atom stereocenters. The summed E-state index contributed by atoms with van der Waals surface area (Å²) in [6.07, 6.45) is 7.70. The monoisotopic (exact) mass is 210 g/mol. The zero-order chi connectivity index (χ0) is 11.5. The quantitative estimate of drug-likeness (QED) is 0.697. The maximum absolute atomic E-state index is 10.0. The second-order valence-electron chi connectivity index (χ2n) is 6.29. The summed E-state index contributed by atoms with van der Waals surface area (Å²) in [5.74, 6) is 0.612. The summed E-state index contributed by atoms with van der Waals surface area (Å²) in [6, 6.07) is 0. The third kappa shape index (κ3) is 4.83. The molecule has 1 heteroatoms. The van der Waals surface area contributed by atoms with Crippen molar-refractivity contribution >= 4 is 0 Å². The first kappa shape index (κ1) is 12.8. The molecule has 1 aliphatic carbocycles. The van der Waals surface area contributed by atoms with Crippen LogP contribution in [0.4, 0.5) is 0 Å². The average molecular weight is 210 g/mol. The molecule has 0 aromatic carbocycles. The summed E-state index contributed by atoms with van der Waals surface area (Å²) in [5.41, 5.74) is 1.67. The second-order valence-corrected chi connectivity index (χ2v) is 6.29. The van der Waals surface area contributed by atoms with Crippen LogP contribution < -0.4 is 0 Å². The van der Waals surface area contributed by atoms with E-state index in [0.717, 1.165) is 12.8 Å². The van der Waals surface area contributed by atoms with Crippen LogP contribution in [-0.4, -0.2) is 11.2 Å². The van der Waals surface area contributed by atoms with Gasteiger partial charge in [0, 0.05) is 0 Å². The lowest BCUT2D eigenvalue weighted by Gasteiger charge is -2.25. The summed E-state index contributed by atoms with van der Waals surface area (Å²) in [7, 11) is 0. The van der Waals surface area contributed by atoms with Gasteiger partial charge in [0.2, 0.25) is 0 Å². The maximum atomic E-state index is 10.0. The van der Waals surface area contributed by atoms with Crippen LogP contribution >= 0.6 is 0 Å². The van der Waals surface area contributed by atoms with Crippen molar-refractivity contribution < 1.29 is 5.11 Å². The van der Waals surface area contributed by atoms with Crippen LogP contribution in [0.2, 0.25) is 0 Å². The summed E-state index contributed by atoms with van der Waals surface area (Å²) >= 11 is 0. The third-order valence-electron chi connectivity index (χ3n) is 3.09. The molecule has 0 saturated carbocycles. The van der Waals surface area contributed by atoms with Crippen molar-refractivity contribution in [2.75, 3.05) is 0 Å². The van der Waals surface area contributed by atoms with Gasteiger partial charge < -0.3 is 5.11 Å². The summed E-state index contributed by atoms with van der Waals surface area (Å²) < 4.78 is 0. The predicted octanol–water partition coefficient (Wildman–Crippen LogP) is 3.92. The van der Waals surface area contributed by atoms with Crippen molar-refractivity contribution in [3.63, 3.8) is 0 Å².